The monoisotopic (exact) mass is 291 g/mol. The van der Waals surface area contributed by atoms with Crippen LogP contribution in [0.2, 0.25) is 0 Å². The predicted octanol–water partition coefficient (Wildman–Crippen LogP) is 4.14. The second-order valence-electron chi connectivity index (χ2n) is 5.62. The molecule has 0 saturated heterocycles. The van der Waals surface area contributed by atoms with Gasteiger partial charge in [-0.15, -0.1) is 0 Å². The number of carboxylic acids is 1. The van der Waals surface area contributed by atoms with E-state index < -0.39 is 5.97 Å². The molecule has 110 valence electrons. The number of carbonyl (C=O) groups is 1. The second-order valence-corrected chi connectivity index (χ2v) is 5.62. The van der Waals surface area contributed by atoms with Crippen molar-refractivity contribution in [2.24, 2.45) is 0 Å². The van der Waals surface area contributed by atoms with Gasteiger partial charge in [-0.1, -0.05) is 23.8 Å². The molecule has 1 heterocycles. The summed E-state index contributed by atoms with van der Waals surface area (Å²) in [5, 5.41) is 10.1. The summed E-state index contributed by atoms with van der Waals surface area (Å²) in [4.78, 5) is 15.5. The van der Waals surface area contributed by atoms with E-state index in [4.69, 9.17) is 5.11 Å². The molecule has 3 heteroatoms. The third-order valence-corrected chi connectivity index (χ3v) is 3.77. The molecule has 0 aliphatic rings. The first kappa shape index (κ1) is 14.3. The van der Waals surface area contributed by atoms with Gasteiger partial charge in [-0.05, 0) is 61.7 Å². The summed E-state index contributed by atoms with van der Waals surface area (Å²) in [5.74, 6) is -0.896. The highest BCUT2D eigenvalue weighted by Gasteiger charge is 2.07. The molecular formula is C19H17NO2. The molecular weight excluding hydrogens is 274 g/mol. The molecule has 0 amide bonds. The Morgan fingerprint density at radius 3 is 2.45 bits per heavy atom. The van der Waals surface area contributed by atoms with E-state index in [1.165, 1.54) is 11.1 Å². The predicted molar refractivity (Wildman–Crippen MR) is 87.4 cm³/mol. The van der Waals surface area contributed by atoms with E-state index in [1.54, 1.807) is 12.1 Å². The molecule has 0 unspecified atom stereocenters. The maximum atomic E-state index is 10.9. The first-order chi connectivity index (χ1) is 10.5. The fourth-order valence-electron chi connectivity index (χ4n) is 2.69. The molecule has 2 aromatic carbocycles. The number of benzene rings is 2. The summed E-state index contributed by atoms with van der Waals surface area (Å²) >= 11 is 0. The van der Waals surface area contributed by atoms with Crippen LogP contribution in [0.4, 0.5) is 0 Å². The lowest BCUT2D eigenvalue weighted by atomic mass is 9.98. The highest BCUT2D eigenvalue weighted by Crippen LogP contribution is 2.22. The first-order valence-corrected chi connectivity index (χ1v) is 7.22. The topological polar surface area (TPSA) is 50.2 Å². The summed E-state index contributed by atoms with van der Waals surface area (Å²) in [6.45, 7) is 4.07. The Labute approximate surface area is 129 Å². The molecule has 0 aliphatic carbocycles. The summed E-state index contributed by atoms with van der Waals surface area (Å²) in [6.07, 6.45) is 0.767. The van der Waals surface area contributed by atoms with E-state index in [1.807, 2.05) is 19.1 Å². The molecule has 0 bridgehead atoms. The number of hydrogen-bond donors (Lipinski definition) is 1. The van der Waals surface area contributed by atoms with E-state index >= 15 is 0 Å². The molecule has 0 saturated carbocycles. The normalized spacial score (nSPS) is 10.8. The molecule has 22 heavy (non-hydrogen) atoms. The number of hydrogen-bond acceptors (Lipinski definition) is 2. The molecule has 1 N–H and O–H groups in total. The number of pyridine rings is 1. The zero-order valence-corrected chi connectivity index (χ0v) is 12.6. The lowest BCUT2D eigenvalue weighted by Crippen LogP contribution is -1.98. The zero-order valence-electron chi connectivity index (χ0n) is 12.6. The van der Waals surface area contributed by atoms with Gasteiger partial charge in [0, 0.05) is 11.1 Å². The zero-order chi connectivity index (χ0) is 15.7. The van der Waals surface area contributed by atoms with Crippen molar-refractivity contribution < 1.29 is 9.90 Å². The lowest BCUT2D eigenvalue weighted by molar-refractivity contribution is 0.0697. The van der Waals surface area contributed by atoms with Gasteiger partial charge in [0.1, 0.15) is 0 Å². The van der Waals surface area contributed by atoms with Crippen molar-refractivity contribution in [1.29, 1.82) is 0 Å². The van der Waals surface area contributed by atoms with Gasteiger partial charge >= 0.3 is 5.97 Å². The first-order valence-electron chi connectivity index (χ1n) is 7.22. The van der Waals surface area contributed by atoms with Crippen LogP contribution in [0.25, 0.3) is 10.9 Å². The fraction of sp³-hybridized carbons (Fsp3) is 0.158. The van der Waals surface area contributed by atoms with Crippen molar-refractivity contribution >= 4 is 16.9 Å². The van der Waals surface area contributed by atoms with Crippen LogP contribution in [0.5, 0.6) is 0 Å². The Bertz CT molecular complexity index is 851. The van der Waals surface area contributed by atoms with Crippen LogP contribution in [-0.4, -0.2) is 16.1 Å². The molecule has 3 rings (SSSR count). The third kappa shape index (κ3) is 2.84. The second kappa shape index (κ2) is 5.60. The molecule has 0 atom stereocenters. The third-order valence-electron chi connectivity index (χ3n) is 3.77. The van der Waals surface area contributed by atoms with Crippen molar-refractivity contribution in [2.75, 3.05) is 0 Å². The van der Waals surface area contributed by atoms with Crippen LogP contribution < -0.4 is 0 Å². The smallest absolute Gasteiger partial charge is 0.335 e. The van der Waals surface area contributed by atoms with Crippen LogP contribution in [0, 0.1) is 13.8 Å². The lowest BCUT2D eigenvalue weighted by Gasteiger charge is -2.09. The maximum absolute atomic E-state index is 10.9. The SMILES string of the molecule is Cc1ccc2nc(C)cc(Cc3ccc(C(=O)O)cc3)c2c1. The molecule has 1 aromatic heterocycles. The minimum absolute atomic E-state index is 0.315. The van der Waals surface area contributed by atoms with Crippen molar-refractivity contribution in [2.45, 2.75) is 20.3 Å². The molecule has 0 fully saturated rings. The van der Waals surface area contributed by atoms with Crippen molar-refractivity contribution in [3.63, 3.8) is 0 Å². The summed E-state index contributed by atoms with van der Waals surface area (Å²) in [5.41, 5.74) is 5.83. The van der Waals surface area contributed by atoms with Gasteiger partial charge in [0.05, 0.1) is 11.1 Å². The largest absolute Gasteiger partial charge is 0.478 e. The van der Waals surface area contributed by atoms with E-state index in [-0.39, 0.29) is 0 Å². The average molecular weight is 291 g/mol. The van der Waals surface area contributed by atoms with Gasteiger partial charge in [0.15, 0.2) is 0 Å². The number of aryl methyl sites for hydroxylation is 2. The molecule has 0 spiro atoms. The van der Waals surface area contributed by atoms with Gasteiger partial charge in [0.2, 0.25) is 0 Å². The van der Waals surface area contributed by atoms with Gasteiger partial charge in [-0.3, -0.25) is 4.98 Å². The van der Waals surface area contributed by atoms with Crippen LogP contribution in [-0.2, 0) is 6.42 Å². The molecule has 0 aliphatic heterocycles. The van der Waals surface area contributed by atoms with Gasteiger partial charge in [0.25, 0.3) is 0 Å². The summed E-state index contributed by atoms with van der Waals surface area (Å²) in [7, 11) is 0. The minimum atomic E-state index is -0.896. The Balaban J connectivity index is 2.02. The Kier molecular flexibility index (Phi) is 3.63. The van der Waals surface area contributed by atoms with Crippen LogP contribution in [0.3, 0.4) is 0 Å². The van der Waals surface area contributed by atoms with E-state index in [2.05, 4.69) is 36.2 Å². The van der Waals surface area contributed by atoms with Gasteiger partial charge in [-0.2, -0.15) is 0 Å². The maximum Gasteiger partial charge on any atom is 0.335 e. The number of aromatic carboxylic acids is 1. The molecule has 0 radical (unpaired) electrons. The fourth-order valence-corrected chi connectivity index (χ4v) is 2.69. The Hall–Kier alpha value is -2.68. The van der Waals surface area contributed by atoms with E-state index in [0.717, 1.165) is 28.6 Å². The summed E-state index contributed by atoms with van der Waals surface area (Å²) < 4.78 is 0. The highest BCUT2D eigenvalue weighted by molar-refractivity contribution is 5.87. The van der Waals surface area contributed by atoms with E-state index in [9.17, 15) is 4.79 Å². The average Bonchev–Trinajstić information content (AvgIpc) is 2.48. The minimum Gasteiger partial charge on any atom is -0.478 e. The molecule has 3 aromatic rings. The Morgan fingerprint density at radius 2 is 1.77 bits per heavy atom. The quantitative estimate of drug-likeness (QED) is 0.789. The number of nitrogens with zero attached hydrogens (tertiary/aromatic N) is 1. The molecule has 3 nitrogen and oxygen atoms in total. The van der Waals surface area contributed by atoms with Crippen molar-refractivity contribution in [3.8, 4) is 0 Å². The number of rotatable bonds is 3. The van der Waals surface area contributed by atoms with Gasteiger partial charge in [-0.25, -0.2) is 4.79 Å². The van der Waals surface area contributed by atoms with Crippen LogP contribution in [0.15, 0.2) is 48.5 Å². The Morgan fingerprint density at radius 1 is 1.05 bits per heavy atom. The van der Waals surface area contributed by atoms with Crippen LogP contribution >= 0.6 is 0 Å². The number of carboxylic acid groups (broad SMARTS) is 1. The van der Waals surface area contributed by atoms with E-state index in [0.29, 0.717) is 5.56 Å². The standard InChI is InChI=1S/C19H17NO2/c1-12-3-8-18-17(9-12)16(10-13(2)20-18)11-14-4-6-15(7-5-14)19(21)22/h3-10H,11H2,1-2H3,(H,21,22). The van der Waals surface area contributed by atoms with Crippen LogP contribution in [0.1, 0.15) is 32.7 Å². The van der Waals surface area contributed by atoms with Crippen molar-refractivity contribution in [1.82, 2.24) is 4.98 Å². The number of aromatic nitrogens is 1. The highest BCUT2D eigenvalue weighted by atomic mass is 16.4. The van der Waals surface area contributed by atoms with Gasteiger partial charge < -0.3 is 5.11 Å². The summed E-state index contributed by atoms with van der Waals surface area (Å²) in [6, 6.07) is 15.4. The number of fused-ring (bicyclic) bond motifs is 1. The van der Waals surface area contributed by atoms with Crippen molar-refractivity contribution in [3.05, 3.63) is 76.5 Å².